The standard InChI is InChI=1S/C13H14N4O4S/c1-6(18)9-11(19)17-10(13(20)21)8(22-12(9)17)4-3-7-5-16(2)15-14-7/h3-6,9,12,18H,1-2H3,(H,20,21)/b4-3+/t6-,9+,12+/m1/s1. The number of β-lactam (4-membered cyclic amide) rings is 1. The van der Waals surface area contributed by atoms with Crippen LogP contribution in [0.25, 0.3) is 6.08 Å². The molecule has 3 heterocycles. The molecule has 22 heavy (non-hydrogen) atoms. The third kappa shape index (κ3) is 2.22. The predicted molar refractivity (Wildman–Crippen MR) is 78.1 cm³/mol. The molecule has 0 bridgehead atoms. The summed E-state index contributed by atoms with van der Waals surface area (Å²) >= 11 is 1.27. The van der Waals surface area contributed by atoms with E-state index >= 15 is 0 Å². The number of hydrogen-bond donors (Lipinski definition) is 2. The number of thioether (sulfide) groups is 1. The zero-order valence-corrected chi connectivity index (χ0v) is 12.7. The molecule has 3 rings (SSSR count). The van der Waals surface area contributed by atoms with Crippen molar-refractivity contribution in [3.05, 3.63) is 28.6 Å². The summed E-state index contributed by atoms with van der Waals surface area (Å²) in [6.07, 6.45) is 4.14. The van der Waals surface area contributed by atoms with Gasteiger partial charge in [0.1, 0.15) is 16.8 Å². The van der Waals surface area contributed by atoms with Gasteiger partial charge in [0.2, 0.25) is 5.91 Å². The summed E-state index contributed by atoms with van der Waals surface area (Å²) in [5, 5.41) is 26.3. The van der Waals surface area contributed by atoms with E-state index in [-0.39, 0.29) is 17.0 Å². The van der Waals surface area contributed by atoms with Crippen LogP contribution in [0.5, 0.6) is 0 Å². The molecule has 1 amide bonds. The molecule has 1 saturated heterocycles. The van der Waals surface area contributed by atoms with Gasteiger partial charge in [0.15, 0.2) is 0 Å². The van der Waals surface area contributed by atoms with Crippen molar-refractivity contribution in [2.45, 2.75) is 18.4 Å². The van der Waals surface area contributed by atoms with Crippen molar-refractivity contribution in [3.63, 3.8) is 0 Å². The number of hydrogen-bond acceptors (Lipinski definition) is 6. The van der Waals surface area contributed by atoms with Crippen LogP contribution in [0.1, 0.15) is 12.6 Å². The Balaban J connectivity index is 1.88. The van der Waals surface area contributed by atoms with Crippen LogP contribution in [0, 0.1) is 5.92 Å². The summed E-state index contributed by atoms with van der Waals surface area (Å²) in [6, 6.07) is 0. The van der Waals surface area contributed by atoms with Gasteiger partial charge in [-0.05, 0) is 19.1 Å². The highest BCUT2D eigenvalue weighted by Gasteiger charge is 2.57. The molecular formula is C13H14N4O4S. The number of amides is 1. The van der Waals surface area contributed by atoms with Crippen LogP contribution in [0.15, 0.2) is 22.9 Å². The number of rotatable bonds is 4. The number of allylic oxidation sites excluding steroid dienone is 1. The average molecular weight is 322 g/mol. The van der Waals surface area contributed by atoms with Gasteiger partial charge < -0.3 is 10.2 Å². The van der Waals surface area contributed by atoms with E-state index < -0.39 is 18.0 Å². The molecule has 0 radical (unpaired) electrons. The summed E-state index contributed by atoms with van der Waals surface area (Å²) in [5.41, 5.74) is 0.546. The highest BCUT2D eigenvalue weighted by molar-refractivity contribution is 8.04. The minimum Gasteiger partial charge on any atom is -0.477 e. The van der Waals surface area contributed by atoms with Crippen LogP contribution in [0.3, 0.4) is 0 Å². The van der Waals surface area contributed by atoms with Crippen molar-refractivity contribution in [1.29, 1.82) is 0 Å². The second-order valence-electron chi connectivity index (χ2n) is 5.15. The van der Waals surface area contributed by atoms with Crippen LogP contribution >= 0.6 is 11.8 Å². The fourth-order valence-electron chi connectivity index (χ4n) is 2.53. The highest BCUT2D eigenvalue weighted by atomic mass is 32.2. The molecule has 2 aliphatic heterocycles. The van der Waals surface area contributed by atoms with E-state index in [0.29, 0.717) is 10.6 Å². The lowest BCUT2D eigenvalue weighted by Gasteiger charge is -2.43. The van der Waals surface area contributed by atoms with Gasteiger partial charge >= 0.3 is 5.97 Å². The molecule has 116 valence electrons. The van der Waals surface area contributed by atoms with Crippen molar-refractivity contribution in [3.8, 4) is 0 Å². The van der Waals surface area contributed by atoms with Crippen LogP contribution in [0.2, 0.25) is 0 Å². The molecular weight excluding hydrogens is 308 g/mol. The largest absolute Gasteiger partial charge is 0.477 e. The Kier molecular flexibility index (Phi) is 3.53. The lowest BCUT2D eigenvalue weighted by atomic mass is 9.92. The minimum atomic E-state index is -1.16. The van der Waals surface area contributed by atoms with E-state index in [4.69, 9.17) is 0 Å². The van der Waals surface area contributed by atoms with E-state index in [1.165, 1.54) is 28.3 Å². The van der Waals surface area contributed by atoms with Crippen molar-refractivity contribution < 1.29 is 19.8 Å². The zero-order valence-electron chi connectivity index (χ0n) is 11.9. The van der Waals surface area contributed by atoms with Gasteiger partial charge in [0, 0.05) is 12.0 Å². The van der Waals surface area contributed by atoms with Crippen LogP contribution in [0.4, 0.5) is 0 Å². The molecule has 0 spiro atoms. The maximum atomic E-state index is 12.0. The van der Waals surface area contributed by atoms with E-state index in [2.05, 4.69) is 10.3 Å². The van der Waals surface area contributed by atoms with Gasteiger partial charge in [0.05, 0.1) is 18.2 Å². The quantitative estimate of drug-likeness (QED) is 0.753. The number of aryl methyl sites for hydroxylation is 1. The summed E-state index contributed by atoms with van der Waals surface area (Å²) in [6.45, 7) is 1.54. The molecule has 0 saturated carbocycles. The molecule has 0 unspecified atom stereocenters. The number of carbonyl (C=O) groups excluding carboxylic acids is 1. The number of aliphatic hydroxyl groups is 1. The lowest BCUT2D eigenvalue weighted by molar-refractivity contribution is -0.156. The van der Waals surface area contributed by atoms with Gasteiger partial charge in [-0.25, -0.2) is 4.79 Å². The number of aliphatic carboxylic acids is 1. The monoisotopic (exact) mass is 322 g/mol. The van der Waals surface area contributed by atoms with Crippen LogP contribution in [-0.2, 0) is 16.6 Å². The van der Waals surface area contributed by atoms with Crippen LogP contribution in [-0.4, -0.2) is 53.5 Å². The predicted octanol–water partition coefficient (Wildman–Crippen LogP) is 0.0366. The number of aromatic nitrogens is 3. The Morgan fingerprint density at radius 3 is 2.77 bits per heavy atom. The Morgan fingerprint density at radius 2 is 2.23 bits per heavy atom. The first-order chi connectivity index (χ1) is 10.4. The maximum Gasteiger partial charge on any atom is 0.353 e. The topological polar surface area (TPSA) is 109 Å². The zero-order chi connectivity index (χ0) is 16.0. The molecule has 9 heteroatoms. The fraction of sp³-hybridized carbons (Fsp3) is 0.385. The molecule has 2 aliphatic rings. The summed E-state index contributed by atoms with van der Waals surface area (Å²) in [7, 11) is 1.73. The van der Waals surface area contributed by atoms with Gasteiger partial charge in [-0.3, -0.25) is 14.4 Å². The molecule has 3 atom stereocenters. The minimum absolute atomic E-state index is 0.0444. The summed E-state index contributed by atoms with van der Waals surface area (Å²) in [4.78, 5) is 25.2. The molecule has 0 aliphatic carbocycles. The van der Waals surface area contributed by atoms with Crippen molar-refractivity contribution in [2.24, 2.45) is 13.0 Å². The normalized spacial score (nSPS) is 25.6. The van der Waals surface area contributed by atoms with Gasteiger partial charge in [-0.15, -0.1) is 5.10 Å². The smallest absolute Gasteiger partial charge is 0.353 e. The number of aliphatic hydroxyl groups excluding tert-OH is 1. The Labute approximate surface area is 130 Å². The lowest BCUT2D eigenvalue weighted by Crippen LogP contribution is -2.60. The molecule has 1 aromatic heterocycles. The molecule has 1 fully saturated rings. The second-order valence-corrected chi connectivity index (χ2v) is 6.31. The second kappa shape index (κ2) is 5.25. The van der Waals surface area contributed by atoms with E-state index in [1.54, 1.807) is 25.4 Å². The fourth-order valence-corrected chi connectivity index (χ4v) is 4.04. The average Bonchev–Trinajstić information content (AvgIpc) is 2.97. The van der Waals surface area contributed by atoms with Crippen molar-refractivity contribution in [1.82, 2.24) is 19.9 Å². The number of fused-ring (bicyclic) bond motifs is 1. The molecule has 8 nitrogen and oxygen atoms in total. The third-order valence-electron chi connectivity index (χ3n) is 3.55. The van der Waals surface area contributed by atoms with E-state index in [1.807, 2.05) is 0 Å². The van der Waals surface area contributed by atoms with Gasteiger partial charge in [-0.1, -0.05) is 17.0 Å². The van der Waals surface area contributed by atoms with E-state index in [0.717, 1.165) is 0 Å². The number of carboxylic acids is 1. The molecule has 2 N–H and O–H groups in total. The number of nitrogens with zero attached hydrogens (tertiary/aromatic N) is 4. The van der Waals surface area contributed by atoms with Crippen molar-refractivity contribution in [2.75, 3.05) is 0 Å². The van der Waals surface area contributed by atoms with Crippen LogP contribution < -0.4 is 0 Å². The number of carbonyl (C=O) groups is 2. The summed E-state index contributed by atoms with van der Waals surface area (Å²) in [5.74, 6) is -2.08. The Hall–Kier alpha value is -2.13. The number of carboxylic acid groups (broad SMARTS) is 1. The first-order valence-electron chi connectivity index (χ1n) is 6.60. The maximum absolute atomic E-state index is 12.0. The third-order valence-corrected chi connectivity index (χ3v) is 4.88. The van der Waals surface area contributed by atoms with E-state index in [9.17, 15) is 19.8 Å². The molecule has 0 aromatic carbocycles. The van der Waals surface area contributed by atoms with Crippen molar-refractivity contribution >= 4 is 29.7 Å². The Morgan fingerprint density at radius 1 is 1.50 bits per heavy atom. The SMILES string of the molecule is C[C@@H](O)[C@H]1C(=O)N2C(C(=O)O)=C(/C=C/c3cn(C)nn3)S[C@@H]12. The Bertz CT molecular complexity index is 709. The first kappa shape index (κ1) is 14.8. The van der Waals surface area contributed by atoms with Gasteiger partial charge in [0.25, 0.3) is 0 Å². The molecule has 1 aromatic rings. The summed E-state index contributed by atoms with van der Waals surface area (Å²) < 4.78 is 1.54. The highest BCUT2D eigenvalue weighted by Crippen LogP contribution is 2.50. The van der Waals surface area contributed by atoms with Gasteiger partial charge in [-0.2, -0.15) is 0 Å². The first-order valence-corrected chi connectivity index (χ1v) is 7.48.